The number of halogens is 1. The Bertz CT molecular complexity index is 1260. The molecule has 10 heteroatoms. The van der Waals surface area contributed by atoms with Crippen LogP contribution in [0.25, 0.3) is 0 Å². The van der Waals surface area contributed by atoms with Gasteiger partial charge in [0.15, 0.2) is 11.5 Å². The van der Waals surface area contributed by atoms with E-state index in [9.17, 15) is 14.9 Å². The normalized spacial score (nSPS) is 10.7. The van der Waals surface area contributed by atoms with Crippen LogP contribution < -0.4 is 14.9 Å². The number of thioether (sulfide) groups is 1. The first-order chi connectivity index (χ1) is 17.4. The second-order valence-electron chi connectivity index (χ2n) is 7.46. The maximum Gasteiger partial charge on any atom is 0.269 e. The molecular weight excluding hydrogens is 502 g/mol. The fraction of sp³-hybridized carbons (Fsp3) is 0.154. The van der Waals surface area contributed by atoms with Gasteiger partial charge in [0.2, 0.25) is 5.91 Å². The molecule has 0 unspecified atom stereocenters. The fourth-order valence-corrected chi connectivity index (χ4v) is 4.00. The number of amides is 1. The molecule has 3 aromatic rings. The molecule has 0 spiro atoms. The molecule has 1 amide bonds. The summed E-state index contributed by atoms with van der Waals surface area (Å²) in [6.45, 7) is 3.92. The molecule has 3 aromatic carbocycles. The maximum absolute atomic E-state index is 12.1. The molecule has 3 rings (SSSR count). The van der Waals surface area contributed by atoms with E-state index in [4.69, 9.17) is 21.1 Å². The number of hydrogen-bond donors (Lipinski definition) is 1. The smallest absolute Gasteiger partial charge is 0.269 e. The average Bonchev–Trinajstić information content (AvgIpc) is 2.87. The topological polar surface area (TPSA) is 103 Å². The Morgan fingerprint density at radius 2 is 2.00 bits per heavy atom. The molecule has 0 saturated carbocycles. The Labute approximate surface area is 218 Å². The summed E-state index contributed by atoms with van der Waals surface area (Å²) < 4.78 is 11.5. The fourth-order valence-electron chi connectivity index (χ4n) is 3.19. The lowest BCUT2D eigenvalue weighted by molar-refractivity contribution is -0.384. The number of nitro benzene ring substituents is 1. The molecule has 0 heterocycles. The van der Waals surface area contributed by atoms with Gasteiger partial charge in [-0.3, -0.25) is 14.9 Å². The number of nitrogens with one attached hydrogen (secondary N) is 1. The van der Waals surface area contributed by atoms with Crippen molar-refractivity contribution in [2.75, 3.05) is 12.9 Å². The standard InChI is InChI=1S/C26H24ClN3O5S/c1-3-5-20-12-19(15-28-29-25(31)17-36-23-10-8-21(27)9-11-23)14-24(34-2)26(20)35-16-18-6-4-7-22(13-18)30(32)33/h3-4,6-15H,1,5,16-17H2,2H3,(H,29,31)/b28-15-. The number of nitrogens with zero attached hydrogens (tertiary/aromatic N) is 2. The summed E-state index contributed by atoms with van der Waals surface area (Å²) in [6, 6.07) is 17.1. The van der Waals surface area contributed by atoms with E-state index in [0.717, 1.165) is 10.5 Å². The first-order valence-electron chi connectivity index (χ1n) is 10.8. The van der Waals surface area contributed by atoms with Gasteiger partial charge in [0.25, 0.3) is 5.69 Å². The van der Waals surface area contributed by atoms with Crippen molar-refractivity contribution < 1.29 is 19.2 Å². The molecule has 0 atom stereocenters. The van der Waals surface area contributed by atoms with Crippen LogP contribution in [0.4, 0.5) is 5.69 Å². The number of nitro groups is 1. The molecule has 0 saturated heterocycles. The van der Waals surface area contributed by atoms with Gasteiger partial charge in [-0.15, -0.1) is 18.3 Å². The zero-order valence-corrected chi connectivity index (χ0v) is 21.1. The van der Waals surface area contributed by atoms with Crippen LogP contribution in [0.1, 0.15) is 16.7 Å². The highest BCUT2D eigenvalue weighted by molar-refractivity contribution is 8.00. The third-order valence-corrected chi connectivity index (χ3v) is 6.09. The van der Waals surface area contributed by atoms with Crippen LogP contribution in [0, 0.1) is 10.1 Å². The molecule has 0 aliphatic carbocycles. The summed E-state index contributed by atoms with van der Waals surface area (Å²) >= 11 is 7.25. The molecular formula is C26H24ClN3O5S. The first-order valence-corrected chi connectivity index (χ1v) is 12.1. The summed E-state index contributed by atoms with van der Waals surface area (Å²) in [5.74, 6) is 0.922. The van der Waals surface area contributed by atoms with Crippen LogP contribution in [0.3, 0.4) is 0 Å². The molecule has 0 fully saturated rings. The Hall–Kier alpha value is -3.82. The van der Waals surface area contributed by atoms with Gasteiger partial charge in [0.05, 0.1) is 24.0 Å². The van der Waals surface area contributed by atoms with E-state index >= 15 is 0 Å². The molecule has 0 aliphatic heterocycles. The van der Waals surface area contributed by atoms with Gasteiger partial charge in [-0.1, -0.05) is 29.8 Å². The van der Waals surface area contributed by atoms with Crippen molar-refractivity contribution in [2.24, 2.45) is 5.10 Å². The minimum Gasteiger partial charge on any atom is -0.493 e. The van der Waals surface area contributed by atoms with E-state index in [1.165, 1.54) is 37.2 Å². The first kappa shape index (κ1) is 26.8. The van der Waals surface area contributed by atoms with Gasteiger partial charge in [0.1, 0.15) is 6.61 Å². The number of non-ortho nitro benzene ring substituents is 1. The number of ether oxygens (including phenoxy) is 2. The van der Waals surface area contributed by atoms with Crippen molar-refractivity contribution in [1.29, 1.82) is 0 Å². The molecule has 0 radical (unpaired) electrons. The summed E-state index contributed by atoms with van der Waals surface area (Å²) in [7, 11) is 1.52. The number of carbonyl (C=O) groups excluding carboxylic acids is 1. The second kappa shape index (κ2) is 13.3. The van der Waals surface area contributed by atoms with Crippen LogP contribution >= 0.6 is 23.4 Å². The van der Waals surface area contributed by atoms with Crippen molar-refractivity contribution >= 4 is 41.2 Å². The van der Waals surface area contributed by atoms with E-state index in [-0.39, 0.29) is 24.0 Å². The Morgan fingerprint density at radius 3 is 2.69 bits per heavy atom. The third kappa shape index (κ3) is 7.86. The van der Waals surface area contributed by atoms with Crippen molar-refractivity contribution in [3.63, 3.8) is 0 Å². The quantitative estimate of drug-likeness (QED) is 0.105. The minimum absolute atomic E-state index is 0.00504. The van der Waals surface area contributed by atoms with E-state index in [0.29, 0.717) is 34.1 Å². The molecule has 186 valence electrons. The second-order valence-corrected chi connectivity index (χ2v) is 8.94. The summed E-state index contributed by atoms with van der Waals surface area (Å²) in [5, 5.41) is 15.7. The predicted molar refractivity (Wildman–Crippen MR) is 142 cm³/mol. The summed E-state index contributed by atoms with van der Waals surface area (Å²) in [5.41, 5.74) is 4.65. The lowest BCUT2D eigenvalue weighted by Crippen LogP contribution is -2.19. The van der Waals surface area contributed by atoms with Gasteiger partial charge in [-0.25, -0.2) is 5.43 Å². The minimum atomic E-state index is -0.448. The van der Waals surface area contributed by atoms with Crippen molar-refractivity contribution in [2.45, 2.75) is 17.9 Å². The van der Waals surface area contributed by atoms with Gasteiger partial charge < -0.3 is 9.47 Å². The summed E-state index contributed by atoms with van der Waals surface area (Å²) in [6.07, 6.45) is 3.74. The van der Waals surface area contributed by atoms with E-state index in [2.05, 4.69) is 17.1 Å². The van der Waals surface area contributed by atoms with Crippen LogP contribution in [0.15, 0.2) is 83.3 Å². The van der Waals surface area contributed by atoms with Crippen LogP contribution in [-0.4, -0.2) is 29.9 Å². The van der Waals surface area contributed by atoms with Crippen molar-refractivity contribution in [3.05, 3.63) is 105 Å². The number of methoxy groups -OCH3 is 1. The third-order valence-electron chi connectivity index (χ3n) is 4.83. The molecule has 36 heavy (non-hydrogen) atoms. The Balaban J connectivity index is 1.67. The van der Waals surface area contributed by atoms with Gasteiger partial charge in [0, 0.05) is 27.6 Å². The number of benzene rings is 3. The zero-order valence-electron chi connectivity index (χ0n) is 19.5. The van der Waals surface area contributed by atoms with Crippen molar-refractivity contribution in [3.8, 4) is 11.5 Å². The monoisotopic (exact) mass is 525 g/mol. The highest BCUT2D eigenvalue weighted by atomic mass is 35.5. The predicted octanol–water partition coefficient (Wildman–Crippen LogP) is 5.81. The highest BCUT2D eigenvalue weighted by Crippen LogP contribution is 2.34. The lowest BCUT2D eigenvalue weighted by atomic mass is 10.1. The number of allylic oxidation sites excluding steroid dienone is 1. The Kier molecular flexibility index (Phi) is 9.91. The largest absolute Gasteiger partial charge is 0.493 e. The molecule has 8 nitrogen and oxygen atoms in total. The van der Waals surface area contributed by atoms with Gasteiger partial charge in [-0.05, 0) is 53.9 Å². The van der Waals surface area contributed by atoms with E-state index < -0.39 is 4.92 Å². The average molecular weight is 526 g/mol. The van der Waals surface area contributed by atoms with Gasteiger partial charge >= 0.3 is 0 Å². The molecule has 0 aliphatic rings. The van der Waals surface area contributed by atoms with Gasteiger partial charge in [-0.2, -0.15) is 5.10 Å². The van der Waals surface area contributed by atoms with E-state index in [1.54, 1.807) is 36.4 Å². The molecule has 0 aromatic heterocycles. The maximum atomic E-state index is 12.1. The molecule has 0 bridgehead atoms. The lowest BCUT2D eigenvalue weighted by Gasteiger charge is -2.16. The highest BCUT2D eigenvalue weighted by Gasteiger charge is 2.14. The van der Waals surface area contributed by atoms with Crippen LogP contribution in [0.5, 0.6) is 11.5 Å². The number of carbonyl (C=O) groups is 1. The Morgan fingerprint density at radius 1 is 1.22 bits per heavy atom. The summed E-state index contributed by atoms with van der Waals surface area (Å²) in [4.78, 5) is 23.7. The van der Waals surface area contributed by atoms with Crippen LogP contribution in [0.2, 0.25) is 5.02 Å². The molecule has 1 N–H and O–H groups in total. The zero-order chi connectivity index (χ0) is 25.9. The van der Waals surface area contributed by atoms with Crippen molar-refractivity contribution in [1.82, 2.24) is 5.43 Å². The van der Waals surface area contributed by atoms with Crippen LogP contribution in [-0.2, 0) is 17.8 Å². The van der Waals surface area contributed by atoms with E-state index in [1.807, 2.05) is 18.2 Å². The SMILES string of the molecule is C=CCc1cc(/C=N\NC(=O)CSc2ccc(Cl)cc2)cc(OC)c1OCc1cccc([N+](=O)[O-])c1. The number of rotatable bonds is 12. The number of hydrogen-bond acceptors (Lipinski definition) is 7. The number of hydrazone groups is 1.